The lowest BCUT2D eigenvalue weighted by Gasteiger charge is -2.17. The summed E-state index contributed by atoms with van der Waals surface area (Å²) in [5.74, 6) is 1.04. The fourth-order valence-corrected chi connectivity index (χ4v) is 3.10. The summed E-state index contributed by atoms with van der Waals surface area (Å²) in [6.45, 7) is 1.80. The van der Waals surface area contributed by atoms with Crippen LogP contribution in [0.5, 0.6) is 0 Å². The Morgan fingerprint density at radius 2 is 1.90 bits per heavy atom. The van der Waals surface area contributed by atoms with Gasteiger partial charge in [-0.05, 0) is 55.0 Å². The molecule has 3 unspecified atom stereocenters. The van der Waals surface area contributed by atoms with Crippen LogP contribution < -0.4 is 5.32 Å². The lowest BCUT2D eigenvalue weighted by Crippen LogP contribution is -2.19. The molecule has 0 spiro atoms. The van der Waals surface area contributed by atoms with Crippen LogP contribution in [0.3, 0.4) is 0 Å². The van der Waals surface area contributed by atoms with Crippen molar-refractivity contribution >= 4 is 0 Å². The van der Waals surface area contributed by atoms with Crippen LogP contribution in [0.25, 0.3) is 0 Å². The summed E-state index contributed by atoms with van der Waals surface area (Å²) in [6, 6.07) is 16.4. The molecule has 0 bridgehead atoms. The van der Waals surface area contributed by atoms with Gasteiger partial charge < -0.3 is 5.32 Å². The number of rotatable bonds is 4. The van der Waals surface area contributed by atoms with E-state index in [0.717, 1.165) is 5.56 Å². The maximum atomic E-state index is 13.8. The van der Waals surface area contributed by atoms with Gasteiger partial charge in [-0.1, -0.05) is 42.5 Å². The van der Waals surface area contributed by atoms with Gasteiger partial charge in [0.05, 0.1) is 0 Å². The van der Waals surface area contributed by atoms with E-state index >= 15 is 0 Å². The zero-order valence-corrected chi connectivity index (χ0v) is 11.9. The van der Waals surface area contributed by atoms with Crippen molar-refractivity contribution in [3.05, 3.63) is 71.0 Å². The normalized spacial score (nSPS) is 22.6. The molecule has 1 saturated carbocycles. The Labute approximate surface area is 119 Å². The molecular weight excluding hydrogens is 249 g/mol. The van der Waals surface area contributed by atoms with Crippen molar-refractivity contribution in [1.82, 2.24) is 5.32 Å². The van der Waals surface area contributed by atoms with Gasteiger partial charge in [-0.15, -0.1) is 0 Å². The molecule has 1 aliphatic rings. The van der Waals surface area contributed by atoms with Crippen molar-refractivity contribution in [3.63, 3.8) is 0 Å². The number of hydrogen-bond donors (Lipinski definition) is 1. The number of halogens is 1. The minimum Gasteiger partial charge on any atom is -0.313 e. The maximum Gasteiger partial charge on any atom is 0.126 e. The molecule has 0 saturated heterocycles. The van der Waals surface area contributed by atoms with E-state index < -0.39 is 0 Å². The molecule has 2 heteroatoms. The van der Waals surface area contributed by atoms with Crippen molar-refractivity contribution in [1.29, 1.82) is 0 Å². The van der Waals surface area contributed by atoms with Crippen LogP contribution in [0.4, 0.5) is 4.39 Å². The SMILES string of the molecule is CNC(c1ccc(C)c(F)c1)C1CC1c1ccccc1. The average molecular weight is 269 g/mol. The Morgan fingerprint density at radius 3 is 2.55 bits per heavy atom. The molecule has 0 radical (unpaired) electrons. The van der Waals surface area contributed by atoms with Crippen molar-refractivity contribution in [2.45, 2.75) is 25.3 Å². The van der Waals surface area contributed by atoms with E-state index in [1.807, 2.05) is 25.2 Å². The zero-order valence-electron chi connectivity index (χ0n) is 11.9. The van der Waals surface area contributed by atoms with Gasteiger partial charge in [0.2, 0.25) is 0 Å². The van der Waals surface area contributed by atoms with Crippen LogP contribution in [0.15, 0.2) is 48.5 Å². The second kappa shape index (κ2) is 5.37. The Balaban J connectivity index is 1.80. The van der Waals surface area contributed by atoms with Crippen LogP contribution >= 0.6 is 0 Å². The quantitative estimate of drug-likeness (QED) is 0.877. The van der Waals surface area contributed by atoms with Crippen molar-refractivity contribution in [3.8, 4) is 0 Å². The number of aryl methyl sites for hydroxylation is 1. The summed E-state index contributed by atoms with van der Waals surface area (Å²) in [4.78, 5) is 0. The van der Waals surface area contributed by atoms with Crippen LogP contribution in [0.2, 0.25) is 0 Å². The molecule has 1 fully saturated rings. The number of hydrogen-bond acceptors (Lipinski definition) is 1. The standard InChI is InChI=1S/C18H20FN/c1-12-8-9-14(10-17(12)19)18(20-2)16-11-15(16)13-6-4-3-5-7-13/h3-10,15-16,18,20H,11H2,1-2H3. The second-order valence-corrected chi connectivity index (χ2v) is 5.69. The lowest BCUT2D eigenvalue weighted by atomic mass is 9.98. The van der Waals surface area contributed by atoms with E-state index in [2.05, 4.69) is 29.6 Å². The van der Waals surface area contributed by atoms with Gasteiger partial charge >= 0.3 is 0 Å². The fraction of sp³-hybridized carbons (Fsp3) is 0.333. The third-order valence-corrected chi connectivity index (χ3v) is 4.36. The Morgan fingerprint density at radius 1 is 1.15 bits per heavy atom. The molecule has 2 aromatic carbocycles. The van der Waals surface area contributed by atoms with Crippen molar-refractivity contribution < 1.29 is 4.39 Å². The third kappa shape index (κ3) is 2.48. The van der Waals surface area contributed by atoms with Crippen molar-refractivity contribution in [2.75, 3.05) is 7.05 Å². The highest BCUT2D eigenvalue weighted by molar-refractivity contribution is 5.32. The predicted molar refractivity (Wildman–Crippen MR) is 80.2 cm³/mol. The van der Waals surface area contributed by atoms with Crippen LogP contribution in [0, 0.1) is 18.7 Å². The second-order valence-electron chi connectivity index (χ2n) is 5.69. The van der Waals surface area contributed by atoms with Gasteiger partial charge in [0, 0.05) is 6.04 Å². The fourth-order valence-electron chi connectivity index (χ4n) is 3.10. The van der Waals surface area contributed by atoms with E-state index in [1.165, 1.54) is 12.0 Å². The van der Waals surface area contributed by atoms with Gasteiger partial charge in [0.15, 0.2) is 0 Å². The molecule has 3 rings (SSSR count). The Bertz CT molecular complexity index is 594. The summed E-state index contributed by atoms with van der Waals surface area (Å²) >= 11 is 0. The van der Waals surface area contributed by atoms with Crippen LogP contribution in [-0.2, 0) is 0 Å². The molecule has 1 aliphatic carbocycles. The molecule has 0 aliphatic heterocycles. The lowest BCUT2D eigenvalue weighted by molar-refractivity contribution is 0.512. The van der Waals surface area contributed by atoms with Crippen molar-refractivity contribution in [2.24, 2.45) is 5.92 Å². The monoisotopic (exact) mass is 269 g/mol. The first-order valence-electron chi connectivity index (χ1n) is 7.19. The minimum absolute atomic E-state index is 0.111. The molecule has 3 atom stereocenters. The average Bonchev–Trinajstić information content (AvgIpc) is 3.25. The van der Waals surface area contributed by atoms with Gasteiger partial charge in [-0.3, -0.25) is 0 Å². The highest BCUT2D eigenvalue weighted by Gasteiger charge is 2.43. The Kier molecular flexibility index (Phi) is 3.58. The van der Waals surface area contributed by atoms with E-state index in [9.17, 15) is 4.39 Å². The van der Waals surface area contributed by atoms with Gasteiger partial charge in [0.25, 0.3) is 0 Å². The smallest absolute Gasteiger partial charge is 0.126 e. The molecule has 1 nitrogen and oxygen atoms in total. The van der Waals surface area contributed by atoms with Crippen LogP contribution in [-0.4, -0.2) is 7.05 Å². The molecule has 0 aromatic heterocycles. The number of nitrogens with one attached hydrogen (secondary N) is 1. The summed E-state index contributed by atoms with van der Waals surface area (Å²) in [7, 11) is 1.96. The minimum atomic E-state index is -0.111. The molecule has 1 N–H and O–H groups in total. The van der Waals surface area contributed by atoms with Gasteiger partial charge in [0.1, 0.15) is 5.82 Å². The van der Waals surface area contributed by atoms with Gasteiger partial charge in [-0.25, -0.2) is 4.39 Å². The summed E-state index contributed by atoms with van der Waals surface area (Å²) < 4.78 is 13.8. The first kappa shape index (κ1) is 13.3. The zero-order chi connectivity index (χ0) is 14.1. The number of benzene rings is 2. The van der Waals surface area contributed by atoms with E-state index in [1.54, 1.807) is 13.0 Å². The van der Waals surface area contributed by atoms with E-state index in [4.69, 9.17) is 0 Å². The van der Waals surface area contributed by atoms with E-state index in [-0.39, 0.29) is 11.9 Å². The van der Waals surface area contributed by atoms with Gasteiger partial charge in [-0.2, -0.15) is 0 Å². The highest BCUT2D eigenvalue weighted by atomic mass is 19.1. The highest BCUT2D eigenvalue weighted by Crippen LogP contribution is 2.53. The summed E-state index contributed by atoms with van der Waals surface area (Å²) in [5.41, 5.74) is 3.16. The molecule has 0 amide bonds. The third-order valence-electron chi connectivity index (χ3n) is 4.36. The molecule has 20 heavy (non-hydrogen) atoms. The first-order valence-corrected chi connectivity index (χ1v) is 7.19. The maximum absolute atomic E-state index is 13.8. The molecular formula is C18H20FN. The first-order chi connectivity index (χ1) is 9.70. The van der Waals surface area contributed by atoms with Crippen LogP contribution in [0.1, 0.15) is 35.1 Å². The largest absolute Gasteiger partial charge is 0.313 e. The van der Waals surface area contributed by atoms with E-state index in [0.29, 0.717) is 17.4 Å². The molecule has 0 heterocycles. The Hall–Kier alpha value is -1.67. The molecule has 104 valence electrons. The topological polar surface area (TPSA) is 12.0 Å². The summed E-state index contributed by atoms with van der Waals surface area (Å²) in [6.07, 6.45) is 1.17. The predicted octanol–water partition coefficient (Wildman–Crippen LogP) is 4.20. The molecule has 2 aromatic rings. The summed E-state index contributed by atoms with van der Waals surface area (Å²) in [5, 5.41) is 3.36.